The third kappa shape index (κ3) is 11.9. The molecular weight excluding hydrogens is 332 g/mol. The fourth-order valence-corrected chi connectivity index (χ4v) is 2.51. The molecule has 1 rings (SSSR count). The van der Waals surface area contributed by atoms with Crippen LogP contribution in [0, 0.1) is 0 Å². The van der Waals surface area contributed by atoms with Crippen LogP contribution < -0.4 is 4.74 Å². The molecule has 0 saturated heterocycles. The second kappa shape index (κ2) is 15.6. The van der Waals surface area contributed by atoms with E-state index < -0.39 is 0 Å². The molecule has 0 aromatic heterocycles. The van der Waals surface area contributed by atoms with Crippen LogP contribution in [-0.4, -0.2) is 46.1 Å². The Kier molecular flexibility index (Phi) is 13.5. The lowest BCUT2D eigenvalue weighted by molar-refractivity contribution is -0.146. The van der Waals surface area contributed by atoms with Crippen molar-refractivity contribution >= 4 is 5.97 Å². The average molecular weight is 366 g/mol. The molecule has 1 aromatic rings. The number of esters is 1. The van der Waals surface area contributed by atoms with Crippen molar-refractivity contribution in [2.75, 3.05) is 40.1 Å². The van der Waals surface area contributed by atoms with Gasteiger partial charge in [-0.25, -0.2) is 4.79 Å². The third-order valence-corrected chi connectivity index (χ3v) is 4.06. The Morgan fingerprint density at radius 2 is 1.50 bits per heavy atom. The van der Waals surface area contributed by atoms with Crippen molar-refractivity contribution in [1.29, 1.82) is 0 Å². The van der Waals surface area contributed by atoms with Gasteiger partial charge in [-0.15, -0.1) is 0 Å². The number of carbonyl (C=O) groups excluding carboxylic acids is 1. The Balaban J connectivity index is 2.00. The molecule has 0 spiro atoms. The largest absolute Gasteiger partial charge is 0.491 e. The van der Waals surface area contributed by atoms with Gasteiger partial charge in [-0.1, -0.05) is 51.2 Å². The average Bonchev–Trinajstić information content (AvgIpc) is 2.67. The standard InChI is InChI=1S/C21H34O5/c1-3-4-5-6-7-8-9-19-10-12-20(13-11-19)26-17-16-24-14-15-25-18-21(22)23-2/h10-13H,3-9,14-18H2,1-2H3. The predicted octanol–water partition coefficient (Wildman–Crippen LogP) is 4.17. The highest BCUT2D eigenvalue weighted by Gasteiger charge is 2.00. The van der Waals surface area contributed by atoms with Gasteiger partial charge >= 0.3 is 5.97 Å². The second-order valence-electron chi connectivity index (χ2n) is 6.25. The summed E-state index contributed by atoms with van der Waals surface area (Å²) in [5.74, 6) is 0.482. The van der Waals surface area contributed by atoms with Crippen molar-refractivity contribution in [1.82, 2.24) is 0 Å². The first-order valence-corrected chi connectivity index (χ1v) is 9.70. The molecular formula is C21H34O5. The van der Waals surface area contributed by atoms with E-state index >= 15 is 0 Å². The van der Waals surface area contributed by atoms with Gasteiger partial charge in [0.05, 0.1) is 26.9 Å². The molecule has 0 radical (unpaired) electrons. The number of methoxy groups -OCH3 is 1. The van der Waals surface area contributed by atoms with E-state index in [-0.39, 0.29) is 12.6 Å². The molecule has 26 heavy (non-hydrogen) atoms. The van der Waals surface area contributed by atoms with Crippen LogP contribution in [-0.2, 0) is 25.4 Å². The Hall–Kier alpha value is -1.59. The fraction of sp³-hybridized carbons (Fsp3) is 0.667. The van der Waals surface area contributed by atoms with Crippen molar-refractivity contribution in [3.05, 3.63) is 29.8 Å². The molecule has 148 valence electrons. The van der Waals surface area contributed by atoms with Crippen LogP contribution in [0.5, 0.6) is 5.75 Å². The van der Waals surface area contributed by atoms with Gasteiger partial charge in [-0.2, -0.15) is 0 Å². The van der Waals surface area contributed by atoms with Crippen molar-refractivity contribution in [2.45, 2.75) is 51.9 Å². The summed E-state index contributed by atoms with van der Waals surface area (Å²) in [6.45, 7) is 3.98. The van der Waals surface area contributed by atoms with Gasteiger partial charge in [0, 0.05) is 0 Å². The van der Waals surface area contributed by atoms with Crippen LogP contribution in [0.1, 0.15) is 51.0 Å². The molecule has 5 nitrogen and oxygen atoms in total. The summed E-state index contributed by atoms with van der Waals surface area (Å²) >= 11 is 0. The van der Waals surface area contributed by atoms with Crippen LogP contribution in [0.2, 0.25) is 0 Å². The number of hydrogen-bond donors (Lipinski definition) is 0. The first kappa shape index (κ1) is 22.5. The molecule has 0 aliphatic carbocycles. The van der Waals surface area contributed by atoms with Crippen LogP contribution in [0.4, 0.5) is 0 Å². The topological polar surface area (TPSA) is 54.0 Å². The minimum Gasteiger partial charge on any atom is -0.491 e. The molecule has 0 bridgehead atoms. The number of aryl methyl sites for hydroxylation is 1. The van der Waals surface area contributed by atoms with Crippen molar-refractivity contribution in [2.24, 2.45) is 0 Å². The second-order valence-corrected chi connectivity index (χ2v) is 6.25. The zero-order valence-corrected chi connectivity index (χ0v) is 16.3. The SMILES string of the molecule is CCCCCCCCc1ccc(OCCOCCOCC(=O)OC)cc1. The van der Waals surface area contributed by atoms with E-state index in [1.807, 2.05) is 12.1 Å². The van der Waals surface area contributed by atoms with Gasteiger partial charge in [0.25, 0.3) is 0 Å². The minimum atomic E-state index is -0.381. The van der Waals surface area contributed by atoms with E-state index in [0.29, 0.717) is 26.4 Å². The summed E-state index contributed by atoms with van der Waals surface area (Å²) in [5, 5.41) is 0. The highest BCUT2D eigenvalue weighted by Crippen LogP contribution is 2.15. The molecule has 0 N–H and O–H groups in total. The molecule has 0 amide bonds. The third-order valence-electron chi connectivity index (χ3n) is 4.06. The Labute approximate surface area is 158 Å². The zero-order valence-electron chi connectivity index (χ0n) is 16.3. The molecule has 0 heterocycles. The maximum Gasteiger partial charge on any atom is 0.331 e. The van der Waals surface area contributed by atoms with Crippen molar-refractivity contribution < 1.29 is 23.7 Å². The van der Waals surface area contributed by atoms with Gasteiger partial charge in [-0.05, 0) is 30.5 Å². The monoisotopic (exact) mass is 366 g/mol. The number of carbonyl (C=O) groups is 1. The fourth-order valence-electron chi connectivity index (χ4n) is 2.51. The van der Waals surface area contributed by atoms with E-state index in [9.17, 15) is 4.79 Å². The van der Waals surface area contributed by atoms with E-state index in [2.05, 4.69) is 23.8 Å². The minimum absolute atomic E-state index is 0.0402. The molecule has 5 heteroatoms. The summed E-state index contributed by atoms with van der Waals surface area (Å²) in [6, 6.07) is 8.32. The van der Waals surface area contributed by atoms with Crippen LogP contribution in [0.25, 0.3) is 0 Å². The van der Waals surface area contributed by atoms with Crippen molar-refractivity contribution in [3.63, 3.8) is 0 Å². The Morgan fingerprint density at radius 3 is 2.23 bits per heavy atom. The van der Waals surface area contributed by atoms with E-state index in [4.69, 9.17) is 14.2 Å². The summed E-state index contributed by atoms with van der Waals surface area (Å²) in [6.07, 6.45) is 9.09. The first-order chi connectivity index (χ1) is 12.8. The van der Waals surface area contributed by atoms with E-state index in [0.717, 1.165) is 12.2 Å². The van der Waals surface area contributed by atoms with Gasteiger partial charge in [-0.3, -0.25) is 0 Å². The molecule has 0 unspecified atom stereocenters. The summed E-state index contributed by atoms with van der Waals surface area (Å²) in [4.78, 5) is 10.8. The highest BCUT2D eigenvalue weighted by atomic mass is 16.6. The first-order valence-electron chi connectivity index (χ1n) is 9.70. The van der Waals surface area contributed by atoms with Gasteiger partial charge < -0.3 is 18.9 Å². The molecule has 1 aromatic carbocycles. The molecule has 0 saturated carbocycles. The van der Waals surface area contributed by atoms with Gasteiger partial charge in [0.2, 0.25) is 0 Å². The van der Waals surface area contributed by atoms with E-state index in [1.54, 1.807) is 0 Å². The van der Waals surface area contributed by atoms with Gasteiger partial charge in [0.15, 0.2) is 0 Å². The lowest BCUT2D eigenvalue weighted by atomic mass is 10.0. The Morgan fingerprint density at radius 1 is 0.846 bits per heavy atom. The van der Waals surface area contributed by atoms with E-state index in [1.165, 1.54) is 51.2 Å². The summed E-state index contributed by atoms with van der Waals surface area (Å²) < 4.78 is 20.6. The quantitative estimate of drug-likeness (QED) is 0.325. The normalized spacial score (nSPS) is 10.7. The number of benzene rings is 1. The smallest absolute Gasteiger partial charge is 0.331 e. The lowest BCUT2D eigenvalue weighted by Gasteiger charge is -2.08. The van der Waals surface area contributed by atoms with Crippen LogP contribution >= 0.6 is 0 Å². The highest BCUT2D eigenvalue weighted by molar-refractivity contribution is 5.70. The van der Waals surface area contributed by atoms with Crippen LogP contribution in [0.15, 0.2) is 24.3 Å². The predicted molar refractivity (Wildman–Crippen MR) is 103 cm³/mol. The number of rotatable bonds is 16. The van der Waals surface area contributed by atoms with Crippen molar-refractivity contribution in [3.8, 4) is 5.75 Å². The summed E-state index contributed by atoms with van der Waals surface area (Å²) in [7, 11) is 1.33. The lowest BCUT2D eigenvalue weighted by Crippen LogP contribution is -2.15. The van der Waals surface area contributed by atoms with Gasteiger partial charge in [0.1, 0.15) is 19.0 Å². The molecule has 0 fully saturated rings. The molecule has 0 aliphatic rings. The number of unbranched alkanes of at least 4 members (excludes halogenated alkanes) is 5. The van der Waals surface area contributed by atoms with Crippen LogP contribution in [0.3, 0.4) is 0 Å². The molecule has 0 aliphatic heterocycles. The maximum atomic E-state index is 10.8. The number of ether oxygens (including phenoxy) is 4. The summed E-state index contributed by atoms with van der Waals surface area (Å²) in [5.41, 5.74) is 1.37. The number of hydrogen-bond acceptors (Lipinski definition) is 5. The maximum absolute atomic E-state index is 10.8. The molecule has 0 atom stereocenters. The zero-order chi connectivity index (χ0) is 18.9. The Bertz CT molecular complexity index is 458.